The summed E-state index contributed by atoms with van der Waals surface area (Å²) in [5, 5.41) is 24.5. The van der Waals surface area contributed by atoms with Crippen LogP contribution in [0.4, 0.5) is 0 Å². The van der Waals surface area contributed by atoms with Gasteiger partial charge in [-0.3, -0.25) is 13.8 Å². The summed E-state index contributed by atoms with van der Waals surface area (Å²) < 4.78 is 23.4. The Labute approximate surface area is 336 Å². The lowest BCUT2D eigenvalue weighted by atomic mass is 10.0. The van der Waals surface area contributed by atoms with E-state index in [1.165, 1.54) is 19.3 Å². The van der Waals surface area contributed by atoms with Gasteiger partial charge in [0.25, 0.3) is 0 Å². The lowest BCUT2D eigenvalue weighted by Gasteiger charge is -2.28. The molecule has 0 radical (unpaired) electrons. The van der Waals surface area contributed by atoms with Gasteiger partial charge in [-0.25, -0.2) is 4.57 Å². The van der Waals surface area contributed by atoms with Crippen molar-refractivity contribution in [3.8, 4) is 0 Å². The van der Waals surface area contributed by atoms with E-state index in [1.54, 1.807) is 0 Å². The molecule has 0 aliphatic rings. The van der Waals surface area contributed by atoms with Crippen LogP contribution in [0.1, 0.15) is 136 Å². The second kappa shape index (κ2) is 36.0. The topological polar surface area (TPSA) is 125 Å². The van der Waals surface area contributed by atoms with Gasteiger partial charge in [0.15, 0.2) is 0 Å². The first-order valence-corrected chi connectivity index (χ1v) is 22.5. The van der Waals surface area contributed by atoms with Gasteiger partial charge in [0.1, 0.15) is 19.3 Å². The smallest absolute Gasteiger partial charge is 0.390 e. The average molecular weight is 792 g/mol. The molecular formula is C45H80N2O7P+. The molecule has 55 heavy (non-hydrogen) atoms. The molecule has 4 unspecified atom stereocenters. The largest absolute Gasteiger partial charge is 0.472 e. The Kier molecular flexibility index (Phi) is 34.5. The molecule has 0 fully saturated rings. The van der Waals surface area contributed by atoms with Crippen LogP contribution in [-0.2, 0) is 18.4 Å². The maximum atomic E-state index is 12.9. The van der Waals surface area contributed by atoms with Crippen molar-refractivity contribution in [2.75, 3.05) is 40.9 Å². The van der Waals surface area contributed by atoms with Crippen molar-refractivity contribution in [3.63, 3.8) is 0 Å². The number of aliphatic hydroxyl groups is 2. The van der Waals surface area contributed by atoms with Crippen molar-refractivity contribution in [1.29, 1.82) is 0 Å². The molecule has 0 aliphatic heterocycles. The lowest BCUT2D eigenvalue weighted by molar-refractivity contribution is -0.870. The van der Waals surface area contributed by atoms with Crippen LogP contribution in [0.15, 0.2) is 85.1 Å². The van der Waals surface area contributed by atoms with Crippen LogP contribution < -0.4 is 5.32 Å². The highest BCUT2D eigenvalue weighted by Gasteiger charge is 2.31. The molecule has 1 amide bonds. The molecular weight excluding hydrogens is 711 g/mol. The highest BCUT2D eigenvalue weighted by Crippen LogP contribution is 2.43. The number of unbranched alkanes of at least 4 members (excludes halogenated alkanes) is 8. The van der Waals surface area contributed by atoms with Crippen LogP contribution in [0.2, 0.25) is 0 Å². The fraction of sp³-hybridized carbons (Fsp3) is 0.667. The molecule has 0 saturated carbocycles. The number of nitrogens with one attached hydrogen (secondary N) is 1. The van der Waals surface area contributed by atoms with Gasteiger partial charge in [-0.05, 0) is 96.3 Å². The van der Waals surface area contributed by atoms with Gasteiger partial charge < -0.3 is 24.9 Å². The molecule has 0 aromatic carbocycles. The van der Waals surface area contributed by atoms with Gasteiger partial charge in [-0.15, -0.1) is 0 Å². The predicted molar refractivity (Wildman–Crippen MR) is 232 cm³/mol. The molecule has 0 aromatic rings. The minimum Gasteiger partial charge on any atom is -0.390 e. The number of likely N-dealkylation sites (N-methyl/N-ethyl adjacent to an activating group) is 1. The molecule has 0 spiro atoms. The van der Waals surface area contributed by atoms with E-state index in [1.807, 2.05) is 21.1 Å². The number of aliphatic hydroxyl groups excluding tert-OH is 2. The molecule has 0 saturated heterocycles. The second-order valence-electron chi connectivity index (χ2n) is 15.1. The third kappa shape index (κ3) is 37.0. The van der Waals surface area contributed by atoms with E-state index in [2.05, 4.69) is 104 Å². The van der Waals surface area contributed by atoms with E-state index < -0.39 is 32.7 Å². The molecule has 10 heteroatoms. The molecule has 0 bridgehead atoms. The van der Waals surface area contributed by atoms with Crippen molar-refractivity contribution >= 4 is 13.7 Å². The minimum atomic E-state index is -4.44. The highest BCUT2D eigenvalue weighted by molar-refractivity contribution is 7.47. The van der Waals surface area contributed by atoms with E-state index in [4.69, 9.17) is 9.05 Å². The third-order valence-electron chi connectivity index (χ3n) is 8.70. The second-order valence-corrected chi connectivity index (χ2v) is 16.6. The number of phosphoric ester groups is 1. The van der Waals surface area contributed by atoms with Crippen molar-refractivity contribution < 1.29 is 38.0 Å². The number of phosphoric acid groups is 1. The Bertz CT molecular complexity index is 1190. The molecule has 0 heterocycles. The van der Waals surface area contributed by atoms with Gasteiger partial charge in [0.05, 0.1) is 39.9 Å². The van der Waals surface area contributed by atoms with Crippen molar-refractivity contribution in [2.24, 2.45) is 0 Å². The van der Waals surface area contributed by atoms with Crippen LogP contribution in [0, 0.1) is 0 Å². The minimum absolute atomic E-state index is 0.00185. The fourth-order valence-electron chi connectivity index (χ4n) is 5.30. The van der Waals surface area contributed by atoms with Crippen molar-refractivity contribution in [2.45, 2.75) is 154 Å². The highest BCUT2D eigenvalue weighted by atomic mass is 31.2. The van der Waals surface area contributed by atoms with Crippen LogP contribution >= 0.6 is 7.82 Å². The first kappa shape index (κ1) is 52.6. The Morgan fingerprint density at radius 2 is 1.15 bits per heavy atom. The van der Waals surface area contributed by atoms with Crippen molar-refractivity contribution in [3.05, 3.63) is 85.1 Å². The Hall–Kier alpha value is -2.36. The summed E-state index contributed by atoms with van der Waals surface area (Å²) in [4.78, 5) is 23.1. The van der Waals surface area contributed by atoms with Gasteiger partial charge in [0.2, 0.25) is 5.91 Å². The number of hydrogen-bond donors (Lipinski definition) is 4. The zero-order chi connectivity index (χ0) is 40.9. The number of quaternary nitrogens is 1. The summed E-state index contributed by atoms with van der Waals surface area (Å²) >= 11 is 0. The van der Waals surface area contributed by atoms with Gasteiger partial charge in [-0.1, -0.05) is 118 Å². The third-order valence-corrected chi connectivity index (χ3v) is 9.68. The molecule has 4 atom stereocenters. The first-order chi connectivity index (χ1) is 26.4. The van der Waals surface area contributed by atoms with Crippen molar-refractivity contribution in [1.82, 2.24) is 5.32 Å². The number of allylic oxidation sites excluding steroid dienone is 14. The number of rotatable bonds is 36. The van der Waals surface area contributed by atoms with E-state index >= 15 is 0 Å². The quantitative estimate of drug-likeness (QED) is 0.0215. The molecule has 0 rings (SSSR count). The van der Waals surface area contributed by atoms with Crippen LogP contribution in [0.25, 0.3) is 0 Å². The zero-order valence-electron chi connectivity index (χ0n) is 35.2. The monoisotopic (exact) mass is 792 g/mol. The number of carbonyl (C=O) groups is 1. The van der Waals surface area contributed by atoms with Crippen LogP contribution in [-0.4, -0.2) is 84.6 Å². The molecule has 9 nitrogen and oxygen atoms in total. The molecule has 0 aromatic heterocycles. The molecule has 0 aliphatic carbocycles. The normalized spacial score (nSPS) is 15.9. The number of carbonyl (C=O) groups excluding carboxylic acids is 1. The zero-order valence-corrected chi connectivity index (χ0v) is 36.1. The number of hydrogen-bond acceptors (Lipinski definition) is 6. The van der Waals surface area contributed by atoms with E-state index in [9.17, 15) is 24.5 Å². The van der Waals surface area contributed by atoms with Crippen LogP contribution in [0.3, 0.4) is 0 Å². The summed E-state index contributed by atoms with van der Waals surface area (Å²) in [7, 11) is 1.37. The first-order valence-electron chi connectivity index (χ1n) is 21.0. The Balaban J connectivity index is 4.68. The lowest BCUT2D eigenvalue weighted by Crippen LogP contribution is -2.51. The summed E-state index contributed by atoms with van der Waals surface area (Å²) in [6.07, 6.45) is 45.1. The molecule has 4 N–H and O–H groups in total. The fourth-order valence-corrected chi connectivity index (χ4v) is 6.04. The number of nitrogens with zero attached hydrogens (tertiary/aromatic N) is 1. The summed E-state index contributed by atoms with van der Waals surface area (Å²) in [5.41, 5.74) is 0. The molecule has 316 valence electrons. The van der Waals surface area contributed by atoms with E-state index in [-0.39, 0.29) is 18.9 Å². The standard InChI is InChI=1S/C45H79N2O7P/c1-6-8-10-12-14-16-18-20-21-22-23-24-25-26-28-30-32-34-36-38-44(49)46-42(41-54-55(51,52)53-40-39-47(3,4)5)45(50)43(48)37-35-33-31-29-27-19-17-15-13-11-9-7-2/h8,10,14-17,20-21,23-24,26,28-29,31,42-43,45,48,50H,6-7,9,11-13,18-19,22,25,27,30,32-41H2,1-5H3,(H-,46,49,51,52)/p+1/b10-8-,16-14-,17-15+,21-20-,24-23-,28-26-,31-29+. The van der Waals surface area contributed by atoms with Crippen LogP contribution in [0.5, 0.6) is 0 Å². The van der Waals surface area contributed by atoms with Gasteiger partial charge >= 0.3 is 7.82 Å². The predicted octanol–water partition coefficient (Wildman–Crippen LogP) is 10.4. The van der Waals surface area contributed by atoms with E-state index in [0.29, 0.717) is 30.3 Å². The number of amides is 1. The van der Waals surface area contributed by atoms with Gasteiger partial charge in [0, 0.05) is 6.42 Å². The van der Waals surface area contributed by atoms with E-state index in [0.717, 1.165) is 77.0 Å². The maximum Gasteiger partial charge on any atom is 0.472 e. The summed E-state index contributed by atoms with van der Waals surface area (Å²) in [5.74, 6) is -0.309. The Morgan fingerprint density at radius 3 is 1.69 bits per heavy atom. The summed E-state index contributed by atoms with van der Waals surface area (Å²) in [6.45, 7) is 4.36. The average Bonchev–Trinajstić information content (AvgIpc) is 3.13. The summed E-state index contributed by atoms with van der Waals surface area (Å²) in [6, 6.07) is -1.08. The van der Waals surface area contributed by atoms with Gasteiger partial charge in [-0.2, -0.15) is 0 Å². The SMILES string of the molecule is CC/C=C\C/C=C\C/C=C\C/C=C\C/C=C\CCCCCC(=O)NC(COP(=O)(O)OCC[N+](C)(C)C)C(O)C(O)CCC/C=C/CC/C=C/CCCCC. The maximum absolute atomic E-state index is 12.9. The Morgan fingerprint density at radius 1 is 0.655 bits per heavy atom.